The van der Waals surface area contributed by atoms with E-state index < -0.39 is 33.4 Å². The van der Waals surface area contributed by atoms with Crippen LogP contribution in [0.15, 0.2) is 24.3 Å². The molecular weight excluding hydrogens is 428 g/mol. The van der Waals surface area contributed by atoms with Gasteiger partial charge in [-0.1, -0.05) is 37.6 Å². The van der Waals surface area contributed by atoms with Gasteiger partial charge in [-0.05, 0) is 33.6 Å². The number of hydrogen-bond acceptors (Lipinski definition) is 6. The molecule has 1 spiro atoms. The van der Waals surface area contributed by atoms with Gasteiger partial charge in [0.05, 0.1) is 35.8 Å². The van der Waals surface area contributed by atoms with Crippen molar-refractivity contribution in [3.05, 3.63) is 24.3 Å². The zero-order chi connectivity index (χ0) is 23.3. The summed E-state index contributed by atoms with van der Waals surface area (Å²) in [6.07, 6.45) is 10.5. The molecule has 1 N–H and O–H groups in total. The van der Waals surface area contributed by atoms with Gasteiger partial charge in [-0.3, -0.25) is 14.4 Å². The van der Waals surface area contributed by atoms with Crippen LogP contribution in [0.3, 0.4) is 0 Å². The topological polar surface area (TPSA) is 87.2 Å². The van der Waals surface area contributed by atoms with Crippen molar-refractivity contribution in [3.8, 4) is 0 Å². The van der Waals surface area contributed by atoms with Crippen molar-refractivity contribution in [2.24, 2.45) is 11.8 Å². The number of aliphatic hydroxyl groups excluding tert-OH is 1. The molecule has 32 heavy (non-hydrogen) atoms. The van der Waals surface area contributed by atoms with E-state index in [2.05, 4.69) is 6.92 Å². The van der Waals surface area contributed by atoms with Crippen LogP contribution in [0, 0.1) is 11.8 Å². The largest absolute Gasteiger partial charge is 0.465 e. The van der Waals surface area contributed by atoms with Crippen LogP contribution < -0.4 is 0 Å². The maximum atomic E-state index is 14.0. The lowest BCUT2D eigenvalue weighted by atomic mass is 9.74. The van der Waals surface area contributed by atoms with Crippen LogP contribution in [0.5, 0.6) is 0 Å². The molecule has 8 heteroatoms. The van der Waals surface area contributed by atoms with Gasteiger partial charge in [0.25, 0.3) is 0 Å². The minimum Gasteiger partial charge on any atom is -0.465 e. The Labute approximate surface area is 194 Å². The first-order chi connectivity index (χ1) is 15.2. The van der Waals surface area contributed by atoms with Crippen LogP contribution in [0.4, 0.5) is 0 Å². The van der Waals surface area contributed by atoms with Gasteiger partial charge in [-0.15, -0.1) is 11.8 Å². The number of carbonyl (C=O) groups is 3. The Kier molecular flexibility index (Phi) is 6.22. The molecule has 0 bridgehead atoms. The molecule has 2 saturated heterocycles. The summed E-state index contributed by atoms with van der Waals surface area (Å²) < 4.78 is 3.99. The van der Waals surface area contributed by atoms with E-state index >= 15 is 0 Å². The number of nitrogens with zero attached hydrogens (tertiary/aromatic N) is 2. The number of esters is 1. The minimum absolute atomic E-state index is 0.0354. The molecule has 2 amide bonds. The summed E-state index contributed by atoms with van der Waals surface area (Å²) in [4.78, 5) is 44.5. The number of rotatable bonds is 5. The number of hydrogen-bond donors (Lipinski definition) is 1. The number of likely N-dealkylation sites (tertiary alicyclic amines) is 1. The second kappa shape index (κ2) is 8.52. The molecule has 2 unspecified atom stereocenters. The number of amides is 2. The Morgan fingerprint density at radius 3 is 2.59 bits per heavy atom. The molecule has 4 rings (SSSR count). The first-order valence-electron chi connectivity index (χ1n) is 11.7. The van der Waals surface area contributed by atoms with Crippen LogP contribution in [-0.2, 0) is 19.1 Å². The Balaban J connectivity index is 1.87. The zero-order valence-electron chi connectivity index (χ0n) is 19.3. The SMILES string of the molecule is CCCC(C)N1CC=C[C@]23S[C@@]4(C)C=CCCOC(=O)[C@H]4[C@H]2C(=O)N([C@H](C)CO)C3C1=O. The molecule has 0 saturated carbocycles. The maximum Gasteiger partial charge on any atom is 0.311 e. The third kappa shape index (κ3) is 3.33. The van der Waals surface area contributed by atoms with Gasteiger partial charge in [0, 0.05) is 17.3 Å². The summed E-state index contributed by atoms with van der Waals surface area (Å²) >= 11 is 1.54. The summed E-state index contributed by atoms with van der Waals surface area (Å²) in [5, 5.41) is 9.95. The molecule has 0 aromatic carbocycles. The van der Waals surface area contributed by atoms with Gasteiger partial charge in [0.15, 0.2) is 0 Å². The van der Waals surface area contributed by atoms with Crippen molar-refractivity contribution >= 4 is 29.5 Å². The van der Waals surface area contributed by atoms with Crippen LogP contribution in [0.25, 0.3) is 0 Å². The second-order valence-electron chi connectivity index (χ2n) is 9.66. The highest BCUT2D eigenvalue weighted by Gasteiger charge is 2.74. The van der Waals surface area contributed by atoms with E-state index in [0.29, 0.717) is 13.0 Å². The molecule has 2 fully saturated rings. The molecule has 0 radical (unpaired) electrons. The number of cyclic esters (lactones) is 1. The highest BCUT2D eigenvalue weighted by Crippen LogP contribution is 2.65. The molecule has 4 aliphatic heterocycles. The average Bonchev–Trinajstić information content (AvgIpc) is 3.07. The van der Waals surface area contributed by atoms with E-state index in [4.69, 9.17) is 4.74 Å². The third-order valence-electron chi connectivity index (χ3n) is 7.47. The molecule has 4 heterocycles. The maximum absolute atomic E-state index is 14.0. The zero-order valence-corrected chi connectivity index (χ0v) is 20.1. The lowest BCUT2D eigenvalue weighted by Gasteiger charge is -2.40. The van der Waals surface area contributed by atoms with Crippen LogP contribution in [0.1, 0.15) is 47.0 Å². The number of carbonyl (C=O) groups excluding carboxylic acids is 3. The molecule has 0 aliphatic carbocycles. The predicted octanol–water partition coefficient (Wildman–Crippen LogP) is 2.14. The number of aliphatic hydroxyl groups is 1. The average molecular weight is 463 g/mol. The van der Waals surface area contributed by atoms with Gasteiger partial charge >= 0.3 is 5.97 Å². The van der Waals surface area contributed by atoms with Crippen molar-refractivity contribution in [1.82, 2.24) is 9.80 Å². The Morgan fingerprint density at radius 1 is 1.16 bits per heavy atom. The Morgan fingerprint density at radius 2 is 1.91 bits per heavy atom. The van der Waals surface area contributed by atoms with Crippen molar-refractivity contribution in [2.45, 2.75) is 74.6 Å². The summed E-state index contributed by atoms with van der Waals surface area (Å²) in [7, 11) is 0. The smallest absolute Gasteiger partial charge is 0.311 e. The van der Waals surface area contributed by atoms with Crippen molar-refractivity contribution < 1.29 is 24.2 Å². The molecule has 176 valence electrons. The van der Waals surface area contributed by atoms with Crippen molar-refractivity contribution in [3.63, 3.8) is 0 Å². The first kappa shape index (κ1) is 23.4. The monoisotopic (exact) mass is 462 g/mol. The van der Waals surface area contributed by atoms with E-state index in [1.165, 1.54) is 11.8 Å². The fourth-order valence-electron chi connectivity index (χ4n) is 5.98. The lowest BCUT2D eigenvalue weighted by molar-refractivity contribution is -0.154. The lowest BCUT2D eigenvalue weighted by Crippen LogP contribution is -2.57. The normalized spacial score (nSPS) is 38.4. The molecule has 7 atom stereocenters. The van der Waals surface area contributed by atoms with E-state index in [-0.39, 0.29) is 37.0 Å². The summed E-state index contributed by atoms with van der Waals surface area (Å²) in [5.41, 5.74) is 0. The molecule has 0 aromatic rings. The molecular formula is C24H34N2O5S. The van der Waals surface area contributed by atoms with Gasteiger partial charge in [-0.25, -0.2) is 0 Å². The Hall–Kier alpha value is -1.80. The number of thioether (sulfide) groups is 1. The predicted molar refractivity (Wildman–Crippen MR) is 123 cm³/mol. The van der Waals surface area contributed by atoms with E-state index in [9.17, 15) is 19.5 Å². The van der Waals surface area contributed by atoms with Crippen LogP contribution in [0.2, 0.25) is 0 Å². The van der Waals surface area contributed by atoms with E-state index in [0.717, 1.165) is 12.8 Å². The summed E-state index contributed by atoms with van der Waals surface area (Å²) in [5.74, 6) is -2.12. The molecule has 0 aromatic heterocycles. The van der Waals surface area contributed by atoms with Crippen LogP contribution in [-0.4, -0.2) is 80.1 Å². The summed E-state index contributed by atoms with van der Waals surface area (Å²) in [6.45, 7) is 8.38. The van der Waals surface area contributed by atoms with Crippen LogP contribution >= 0.6 is 11.8 Å². The standard InChI is InChI=1S/C24H34N2O5S/c1-5-9-15(2)25-12-8-11-24-17(20(28)26(16(3)14-27)19(24)21(25)29)18-22(30)31-13-7-6-10-23(18,4)32-24/h6,8,10-11,15-19,27H,5,7,9,12-14H2,1-4H3/t15?,16-,17+,18-,19?,23+,24+/m1/s1. The molecule has 7 nitrogen and oxygen atoms in total. The number of fused-ring (bicyclic) bond motifs is 2. The van der Waals surface area contributed by atoms with Gasteiger partial charge in [-0.2, -0.15) is 0 Å². The quantitative estimate of drug-likeness (QED) is 0.498. The Bertz CT molecular complexity index is 859. The van der Waals surface area contributed by atoms with E-state index in [1.54, 1.807) is 11.8 Å². The van der Waals surface area contributed by atoms with Gasteiger partial charge < -0.3 is 19.6 Å². The van der Waals surface area contributed by atoms with Crippen molar-refractivity contribution in [2.75, 3.05) is 19.8 Å². The third-order valence-corrected chi connectivity index (χ3v) is 9.26. The van der Waals surface area contributed by atoms with Gasteiger partial charge in [0.1, 0.15) is 6.04 Å². The highest BCUT2D eigenvalue weighted by atomic mass is 32.2. The van der Waals surface area contributed by atoms with E-state index in [1.807, 2.05) is 43.1 Å². The minimum atomic E-state index is -0.884. The fourth-order valence-corrected chi connectivity index (χ4v) is 8.12. The highest BCUT2D eigenvalue weighted by molar-refractivity contribution is 8.02. The second-order valence-corrected chi connectivity index (χ2v) is 11.5. The van der Waals surface area contributed by atoms with Gasteiger partial charge in [0.2, 0.25) is 11.8 Å². The first-order valence-corrected chi connectivity index (χ1v) is 12.5. The fraction of sp³-hybridized carbons (Fsp3) is 0.708. The summed E-state index contributed by atoms with van der Waals surface area (Å²) in [6, 6.07) is -1.26. The van der Waals surface area contributed by atoms with Crippen molar-refractivity contribution in [1.29, 1.82) is 0 Å². The molecule has 4 aliphatic rings. The number of ether oxygens (including phenoxy) is 1.